The van der Waals surface area contributed by atoms with Crippen molar-refractivity contribution in [2.45, 2.75) is 49.9 Å². The Hall–Kier alpha value is -6.25. The summed E-state index contributed by atoms with van der Waals surface area (Å²) in [6.07, 6.45) is -7.00. The number of aliphatic hydroxyl groups excluding tert-OH is 1. The van der Waals surface area contributed by atoms with Crippen LogP contribution in [0.5, 0.6) is 0 Å². The van der Waals surface area contributed by atoms with Gasteiger partial charge in [0.2, 0.25) is 0 Å². The largest absolute Gasteiger partial charge is 0.459 e. The Labute approximate surface area is 304 Å². The number of carbonyl (C=O) groups is 4. The number of amides is 1. The van der Waals surface area contributed by atoms with Gasteiger partial charge in [-0.2, -0.15) is 0 Å². The van der Waals surface area contributed by atoms with Gasteiger partial charge >= 0.3 is 24.0 Å². The van der Waals surface area contributed by atoms with Crippen LogP contribution in [0.1, 0.15) is 31.8 Å². The number of azide groups is 1. The molecular weight excluding hydrogens is 688 g/mol. The molecule has 1 saturated heterocycles. The highest BCUT2D eigenvalue weighted by Gasteiger charge is 2.51. The molecule has 15 heteroatoms. The van der Waals surface area contributed by atoms with E-state index in [1.54, 1.807) is 97.1 Å². The van der Waals surface area contributed by atoms with Crippen LogP contribution in [0.4, 0.5) is 4.79 Å². The van der Waals surface area contributed by atoms with Crippen molar-refractivity contribution < 1.29 is 52.7 Å². The van der Waals surface area contributed by atoms with Gasteiger partial charge in [0.05, 0.1) is 24.3 Å². The standard InChI is InChI=1S/C38H36N4O11/c39-42-41-31-33(53-35(45)28-19-11-4-12-20-28)32(52-34(44)27-17-9-3-10-18-27)30(21-43)51-37(31)49-24-29(36(46)48-22-25-13-5-1-6-14-25)40-38(47)50-23-26-15-7-2-8-16-26/h1-20,29-33,37,43H,21-24H2,(H,40,47)/t29-,30+,31+,32-,33+,37-/m0/s1. The van der Waals surface area contributed by atoms with E-state index in [-0.39, 0.29) is 24.3 Å². The van der Waals surface area contributed by atoms with Gasteiger partial charge in [0, 0.05) is 4.91 Å². The number of nitrogens with zero attached hydrogens (tertiary/aromatic N) is 3. The van der Waals surface area contributed by atoms with Crippen LogP contribution in [-0.2, 0) is 46.4 Å². The maximum Gasteiger partial charge on any atom is 0.408 e. The number of carbonyl (C=O) groups excluding carboxylic acids is 4. The number of rotatable bonds is 15. The average Bonchev–Trinajstić information content (AvgIpc) is 3.20. The minimum Gasteiger partial charge on any atom is -0.459 e. The summed E-state index contributed by atoms with van der Waals surface area (Å²) in [7, 11) is 0. The summed E-state index contributed by atoms with van der Waals surface area (Å²) in [6, 6.07) is 30.5. The molecule has 4 aromatic carbocycles. The molecule has 1 aliphatic heterocycles. The lowest BCUT2D eigenvalue weighted by molar-refractivity contribution is -0.265. The second kappa shape index (κ2) is 19.4. The van der Waals surface area contributed by atoms with Crippen LogP contribution in [0.3, 0.4) is 0 Å². The molecule has 274 valence electrons. The summed E-state index contributed by atoms with van der Waals surface area (Å²) in [5.41, 5.74) is 11.2. The SMILES string of the molecule is [N-]=[N+]=N[C@H]1[C@@H](OC[C@H](NC(=O)OCc2ccccc2)C(=O)OCc2ccccc2)O[C@H](CO)[C@H](OC(=O)c2ccccc2)[C@@H]1OC(=O)c1ccccc1. The average molecular weight is 725 g/mol. The molecular formula is C38H36N4O11. The van der Waals surface area contributed by atoms with Crippen LogP contribution < -0.4 is 5.32 Å². The highest BCUT2D eigenvalue weighted by molar-refractivity contribution is 5.90. The zero-order valence-corrected chi connectivity index (χ0v) is 28.2. The maximum absolute atomic E-state index is 13.3. The maximum atomic E-state index is 13.3. The van der Waals surface area contributed by atoms with Crippen molar-refractivity contribution in [1.29, 1.82) is 0 Å². The molecule has 0 unspecified atom stereocenters. The summed E-state index contributed by atoms with van der Waals surface area (Å²) in [6.45, 7) is -1.61. The molecule has 4 aromatic rings. The Bertz CT molecular complexity index is 1850. The third kappa shape index (κ3) is 10.9. The fourth-order valence-electron chi connectivity index (χ4n) is 5.26. The minimum atomic E-state index is -1.60. The Morgan fingerprint density at radius 1 is 0.736 bits per heavy atom. The molecule has 53 heavy (non-hydrogen) atoms. The molecule has 0 radical (unpaired) electrons. The van der Waals surface area contributed by atoms with E-state index in [1.807, 2.05) is 0 Å². The van der Waals surface area contributed by atoms with E-state index in [1.165, 1.54) is 24.3 Å². The third-order valence-corrected chi connectivity index (χ3v) is 7.93. The molecule has 0 aliphatic carbocycles. The first-order chi connectivity index (χ1) is 25.9. The Morgan fingerprint density at radius 3 is 1.74 bits per heavy atom. The summed E-state index contributed by atoms with van der Waals surface area (Å²) < 4.78 is 34.1. The predicted molar refractivity (Wildman–Crippen MR) is 186 cm³/mol. The van der Waals surface area contributed by atoms with Gasteiger partial charge in [-0.3, -0.25) is 0 Å². The Balaban J connectivity index is 1.38. The Kier molecular flexibility index (Phi) is 13.9. The fourth-order valence-corrected chi connectivity index (χ4v) is 5.26. The molecule has 2 N–H and O–H groups in total. The third-order valence-electron chi connectivity index (χ3n) is 7.93. The van der Waals surface area contributed by atoms with Gasteiger partial charge in [0.1, 0.15) is 25.4 Å². The number of hydrogen-bond acceptors (Lipinski definition) is 12. The van der Waals surface area contributed by atoms with Gasteiger partial charge in [0.15, 0.2) is 24.5 Å². The number of alkyl carbamates (subject to hydrolysis) is 1. The van der Waals surface area contributed by atoms with Crippen molar-refractivity contribution in [1.82, 2.24) is 5.32 Å². The predicted octanol–water partition coefficient (Wildman–Crippen LogP) is 4.89. The molecule has 1 heterocycles. The zero-order valence-electron chi connectivity index (χ0n) is 28.2. The number of aliphatic hydroxyl groups is 1. The molecule has 15 nitrogen and oxygen atoms in total. The molecule has 1 aliphatic rings. The summed E-state index contributed by atoms with van der Waals surface area (Å²) in [4.78, 5) is 55.6. The van der Waals surface area contributed by atoms with E-state index >= 15 is 0 Å². The van der Waals surface area contributed by atoms with Crippen molar-refractivity contribution in [2.75, 3.05) is 13.2 Å². The smallest absolute Gasteiger partial charge is 0.408 e. The number of hydrogen-bond donors (Lipinski definition) is 2. The highest BCUT2D eigenvalue weighted by atomic mass is 16.7. The lowest BCUT2D eigenvalue weighted by Crippen LogP contribution is -2.61. The van der Waals surface area contributed by atoms with Crippen molar-refractivity contribution in [3.05, 3.63) is 154 Å². The van der Waals surface area contributed by atoms with Crippen LogP contribution in [0.25, 0.3) is 10.4 Å². The second-order valence-corrected chi connectivity index (χ2v) is 11.6. The highest BCUT2D eigenvalue weighted by Crippen LogP contribution is 2.31. The van der Waals surface area contributed by atoms with Crippen molar-refractivity contribution in [2.24, 2.45) is 5.11 Å². The van der Waals surface area contributed by atoms with E-state index < -0.39 is 73.9 Å². The van der Waals surface area contributed by atoms with Gasteiger partial charge in [-0.15, -0.1) is 0 Å². The van der Waals surface area contributed by atoms with Crippen molar-refractivity contribution in [3.8, 4) is 0 Å². The van der Waals surface area contributed by atoms with Crippen LogP contribution in [0.2, 0.25) is 0 Å². The number of benzene rings is 4. The van der Waals surface area contributed by atoms with Gasteiger partial charge in [0.25, 0.3) is 0 Å². The van der Waals surface area contributed by atoms with E-state index in [4.69, 9.17) is 28.4 Å². The van der Waals surface area contributed by atoms with E-state index in [0.29, 0.717) is 11.1 Å². The van der Waals surface area contributed by atoms with Gasteiger partial charge in [-0.05, 0) is 40.9 Å². The van der Waals surface area contributed by atoms with Gasteiger partial charge in [-0.1, -0.05) is 102 Å². The summed E-state index contributed by atoms with van der Waals surface area (Å²) >= 11 is 0. The molecule has 0 aromatic heterocycles. The summed E-state index contributed by atoms with van der Waals surface area (Å²) in [5.74, 6) is -2.60. The minimum absolute atomic E-state index is 0.0975. The van der Waals surface area contributed by atoms with Crippen LogP contribution in [0.15, 0.2) is 126 Å². The van der Waals surface area contributed by atoms with Crippen molar-refractivity contribution >= 4 is 24.0 Å². The lowest BCUT2D eigenvalue weighted by Gasteiger charge is -2.43. The molecule has 1 fully saturated rings. The number of nitrogens with one attached hydrogen (secondary N) is 1. The van der Waals surface area contributed by atoms with Gasteiger partial charge < -0.3 is 38.8 Å². The fraction of sp³-hybridized carbons (Fsp3) is 0.263. The van der Waals surface area contributed by atoms with Crippen LogP contribution in [0, 0.1) is 0 Å². The van der Waals surface area contributed by atoms with Crippen LogP contribution >= 0.6 is 0 Å². The first-order valence-electron chi connectivity index (χ1n) is 16.5. The van der Waals surface area contributed by atoms with E-state index in [0.717, 1.165) is 0 Å². The van der Waals surface area contributed by atoms with Crippen molar-refractivity contribution in [3.63, 3.8) is 0 Å². The molecule has 6 atom stereocenters. The molecule has 0 spiro atoms. The number of ether oxygens (including phenoxy) is 6. The normalized spacial score (nSPS) is 19.8. The molecule has 5 rings (SSSR count). The Morgan fingerprint density at radius 2 is 1.23 bits per heavy atom. The van der Waals surface area contributed by atoms with E-state index in [2.05, 4.69) is 15.3 Å². The lowest BCUT2D eigenvalue weighted by atomic mass is 9.96. The van der Waals surface area contributed by atoms with Crippen LogP contribution in [-0.4, -0.2) is 79.0 Å². The molecule has 0 bridgehead atoms. The first kappa shape index (κ1) is 38.0. The first-order valence-corrected chi connectivity index (χ1v) is 16.5. The van der Waals surface area contributed by atoms with E-state index in [9.17, 15) is 29.8 Å². The number of esters is 3. The van der Waals surface area contributed by atoms with Gasteiger partial charge in [-0.25, -0.2) is 19.2 Å². The zero-order chi connectivity index (χ0) is 37.4. The topological polar surface area (TPSA) is 205 Å². The molecule has 1 amide bonds. The summed E-state index contributed by atoms with van der Waals surface area (Å²) in [5, 5.41) is 16.6. The monoisotopic (exact) mass is 724 g/mol. The quantitative estimate of drug-likeness (QED) is 0.0555. The molecule has 0 saturated carbocycles. The second-order valence-electron chi connectivity index (χ2n) is 11.6.